The Balaban J connectivity index is 1.88. The summed E-state index contributed by atoms with van der Waals surface area (Å²) in [4.78, 5) is 32.3. The van der Waals surface area contributed by atoms with Gasteiger partial charge in [0.25, 0.3) is 0 Å². The van der Waals surface area contributed by atoms with E-state index in [-0.39, 0.29) is 23.9 Å². The predicted octanol–water partition coefficient (Wildman–Crippen LogP) is 4.75. The minimum atomic E-state index is -0.369. The first-order chi connectivity index (χ1) is 16.9. The third-order valence-corrected chi connectivity index (χ3v) is 4.94. The number of carbonyl (C=O) groups excluding carboxylic acids is 2. The first-order valence-electron chi connectivity index (χ1n) is 11.9. The lowest BCUT2D eigenvalue weighted by Crippen LogP contribution is -2.26. The van der Waals surface area contributed by atoms with Gasteiger partial charge in [-0.2, -0.15) is 4.99 Å². The lowest BCUT2D eigenvalue weighted by molar-refractivity contribution is 0.0489. The van der Waals surface area contributed by atoms with Crippen LogP contribution in [0.1, 0.15) is 73.1 Å². The van der Waals surface area contributed by atoms with Crippen molar-refractivity contribution in [1.29, 1.82) is 0 Å². The molecule has 0 unspecified atom stereocenters. The zero-order valence-corrected chi connectivity index (χ0v) is 20.5. The number of hydrogen-bond acceptors (Lipinski definition) is 5. The van der Waals surface area contributed by atoms with Crippen LogP contribution in [0.5, 0.6) is 0 Å². The minimum Gasteiger partial charge on any atom is -0.462 e. The van der Waals surface area contributed by atoms with E-state index in [0.717, 1.165) is 38.5 Å². The normalized spacial score (nSPS) is 11.7. The quantitative estimate of drug-likeness (QED) is 0.172. The van der Waals surface area contributed by atoms with Gasteiger partial charge < -0.3 is 26.3 Å². The van der Waals surface area contributed by atoms with Gasteiger partial charge in [-0.05, 0) is 61.4 Å². The van der Waals surface area contributed by atoms with Gasteiger partial charge in [-0.1, -0.05) is 39.5 Å². The topological polar surface area (TPSA) is 141 Å². The Bertz CT molecular complexity index is 1000. The number of aliphatic imine (C=N–C) groups is 2. The van der Waals surface area contributed by atoms with Crippen LogP contribution in [-0.2, 0) is 9.47 Å². The number of benzene rings is 2. The van der Waals surface area contributed by atoms with Crippen LogP contribution >= 0.6 is 0 Å². The Morgan fingerprint density at radius 1 is 0.771 bits per heavy atom. The fraction of sp³-hybridized carbons (Fsp3) is 0.385. The lowest BCUT2D eigenvalue weighted by atomic mass is 10.2. The monoisotopic (exact) mass is 481 g/mol. The maximum absolute atomic E-state index is 12.0. The van der Waals surface area contributed by atoms with E-state index in [2.05, 4.69) is 29.1 Å². The smallest absolute Gasteiger partial charge is 0.338 e. The van der Waals surface area contributed by atoms with E-state index in [1.807, 2.05) is 0 Å². The molecule has 0 atom stereocenters. The van der Waals surface area contributed by atoms with Crippen LogP contribution in [0.25, 0.3) is 0 Å². The molecule has 0 spiro atoms. The summed E-state index contributed by atoms with van der Waals surface area (Å²) >= 11 is 0. The van der Waals surface area contributed by atoms with Crippen molar-refractivity contribution in [2.75, 3.05) is 18.5 Å². The zero-order valence-electron chi connectivity index (χ0n) is 20.5. The summed E-state index contributed by atoms with van der Waals surface area (Å²) in [7, 11) is 0. The van der Waals surface area contributed by atoms with Gasteiger partial charge in [0.15, 0.2) is 0 Å². The van der Waals surface area contributed by atoms with Crippen molar-refractivity contribution in [1.82, 2.24) is 0 Å². The van der Waals surface area contributed by atoms with E-state index in [9.17, 15) is 9.59 Å². The number of ether oxygens (including phenoxy) is 2. The van der Waals surface area contributed by atoms with Crippen LogP contribution in [0, 0.1) is 0 Å². The molecule has 0 aromatic heterocycles. The van der Waals surface area contributed by atoms with Gasteiger partial charge in [0.2, 0.25) is 11.9 Å². The Labute approximate surface area is 206 Å². The highest BCUT2D eigenvalue weighted by Gasteiger charge is 2.08. The third-order valence-electron chi connectivity index (χ3n) is 4.94. The summed E-state index contributed by atoms with van der Waals surface area (Å²) < 4.78 is 10.5. The molecule has 0 aliphatic heterocycles. The van der Waals surface area contributed by atoms with E-state index in [1.165, 1.54) is 0 Å². The predicted molar refractivity (Wildman–Crippen MR) is 139 cm³/mol. The highest BCUT2D eigenvalue weighted by atomic mass is 16.5. The molecule has 0 aliphatic rings. The van der Waals surface area contributed by atoms with Gasteiger partial charge >= 0.3 is 11.9 Å². The van der Waals surface area contributed by atoms with E-state index in [4.69, 9.17) is 20.9 Å². The van der Waals surface area contributed by atoms with E-state index in [0.29, 0.717) is 35.7 Å². The summed E-state index contributed by atoms with van der Waals surface area (Å²) in [5.74, 6) is -0.751. The molecule has 0 heterocycles. The Morgan fingerprint density at radius 2 is 1.26 bits per heavy atom. The third kappa shape index (κ3) is 10.3. The SMILES string of the molecule is CCCCCOC(=O)c1ccc(N=C(N)N=C(N)Nc2ccc(C(=O)OCCCCC)cc2)cc1. The minimum absolute atomic E-state index is 0.0356. The molecular weight excluding hydrogens is 446 g/mol. The number of nitrogens with zero attached hydrogens (tertiary/aromatic N) is 2. The summed E-state index contributed by atoms with van der Waals surface area (Å²) in [5, 5.41) is 2.89. The highest BCUT2D eigenvalue weighted by molar-refractivity contribution is 6.01. The molecular formula is C26H35N5O4. The molecule has 35 heavy (non-hydrogen) atoms. The van der Waals surface area contributed by atoms with E-state index < -0.39 is 0 Å². The molecule has 0 fully saturated rings. The van der Waals surface area contributed by atoms with Crippen molar-refractivity contribution in [2.24, 2.45) is 21.5 Å². The molecule has 9 heteroatoms. The van der Waals surface area contributed by atoms with Gasteiger partial charge in [0.05, 0.1) is 30.0 Å². The average molecular weight is 482 g/mol. The second-order valence-electron chi connectivity index (χ2n) is 7.90. The summed E-state index contributed by atoms with van der Waals surface area (Å²) in [5.41, 5.74) is 13.8. The molecule has 2 rings (SSSR count). The van der Waals surface area contributed by atoms with Gasteiger partial charge in [-0.3, -0.25) is 0 Å². The fourth-order valence-electron chi connectivity index (χ4n) is 3.02. The number of esters is 2. The van der Waals surface area contributed by atoms with E-state index >= 15 is 0 Å². The number of rotatable bonds is 12. The second kappa shape index (κ2) is 15.1. The van der Waals surface area contributed by atoms with Crippen LogP contribution in [0.15, 0.2) is 58.5 Å². The number of anilines is 1. The van der Waals surface area contributed by atoms with Crippen molar-refractivity contribution in [2.45, 2.75) is 52.4 Å². The van der Waals surface area contributed by atoms with Gasteiger partial charge in [0.1, 0.15) is 0 Å². The number of nitrogens with one attached hydrogen (secondary N) is 1. The Morgan fingerprint density at radius 3 is 1.74 bits per heavy atom. The first kappa shape index (κ1) is 27.4. The fourth-order valence-corrected chi connectivity index (χ4v) is 3.02. The van der Waals surface area contributed by atoms with E-state index in [1.54, 1.807) is 48.5 Å². The molecule has 0 saturated carbocycles. The van der Waals surface area contributed by atoms with Crippen molar-refractivity contribution in [3.63, 3.8) is 0 Å². The number of unbranched alkanes of at least 4 members (excludes halogenated alkanes) is 4. The van der Waals surface area contributed by atoms with Crippen molar-refractivity contribution < 1.29 is 19.1 Å². The van der Waals surface area contributed by atoms with Crippen LogP contribution in [0.3, 0.4) is 0 Å². The average Bonchev–Trinajstić information content (AvgIpc) is 2.85. The molecule has 2 aromatic rings. The van der Waals surface area contributed by atoms with Crippen LogP contribution < -0.4 is 16.8 Å². The largest absolute Gasteiger partial charge is 0.462 e. The molecule has 0 radical (unpaired) electrons. The van der Waals surface area contributed by atoms with Crippen molar-refractivity contribution >= 4 is 35.2 Å². The summed E-state index contributed by atoms with van der Waals surface area (Å²) in [6, 6.07) is 13.2. The summed E-state index contributed by atoms with van der Waals surface area (Å²) in [6.07, 6.45) is 5.89. The highest BCUT2D eigenvalue weighted by Crippen LogP contribution is 2.15. The zero-order chi connectivity index (χ0) is 25.5. The molecule has 2 aromatic carbocycles. The van der Waals surface area contributed by atoms with Crippen LogP contribution in [0.2, 0.25) is 0 Å². The number of carbonyl (C=O) groups is 2. The molecule has 9 nitrogen and oxygen atoms in total. The van der Waals surface area contributed by atoms with Gasteiger partial charge in [0, 0.05) is 5.69 Å². The van der Waals surface area contributed by atoms with Gasteiger partial charge in [-0.25, -0.2) is 14.6 Å². The molecule has 188 valence electrons. The number of guanidine groups is 2. The maximum atomic E-state index is 12.0. The van der Waals surface area contributed by atoms with Crippen molar-refractivity contribution in [3.05, 3.63) is 59.7 Å². The standard InChI is InChI=1S/C26H35N5O4/c1-3-5-7-17-34-23(32)19-9-13-21(14-10-19)29-25(27)31-26(28)30-22-15-11-20(12-16-22)24(33)35-18-8-6-4-2/h9-16H,3-8,17-18H2,1-2H3,(H5,27,28,29,30,31). The second-order valence-corrected chi connectivity index (χ2v) is 7.90. The molecule has 5 N–H and O–H groups in total. The maximum Gasteiger partial charge on any atom is 0.338 e. The molecule has 0 aliphatic carbocycles. The molecule has 0 bridgehead atoms. The van der Waals surface area contributed by atoms with Crippen LogP contribution in [-0.4, -0.2) is 37.1 Å². The van der Waals surface area contributed by atoms with Crippen molar-refractivity contribution in [3.8, 4) is 0 Å². The van der Waals surface area contributed by atoms with Crippen LogP contribution in [0.4, 0.5) is 11.4 Å². The molecule has 0 saturated heterocycles. The number of hydrogen-bond donors (Lipinski definition) is 3. The molecule has 0 amide bonds. The first-order valence-corrected chi connectivity index (χ1v) is 11.9. The summed E-state index contributed by atoms with van der Waals surface area (Å²) in [6.45, 7) is 5.01. The van der Waals surface area contributed by atoms with Gasteiger partial charge in [-0.15, -0.1) is 0 Å². The number of nitrogens with two attached hydrogens (primary N) is 2. The lowest BCUT2D eigenvalue weighted by Gasteiger charge is -2.07. The Hall–Kier alpha value is -3.88. The Kier molecular flexibility index (Phi) is 11.8.